The monoisotopic (exact) mass is 322 g/mol. The van der Waals surface area contributed by atoms with E-state index < -0.39 is 0 Å². The molecular formula is C19H22N4O. The van der Waals surface area contributed by atoms with Gasteiger partial charge in [-0.25, -0.2) is 4.99 Å². The van der Waals surface area contributed by atoms with Crippen LogP contribution in [-0.2, 0) is 13.0 Å². The van der Waals surface area contributed by atoms with Crippen molar-refractivity contribution in [2.45, 2.75) is 38.0 Å². The number of pyridine rings is 1. The van der Waals surface area contributed by atoms with Crippen LogP contribution >= 0.6 is 0 Å². The Labute approximate surface area is 142 Å². The van der Waals surface area contributed by atoms with Crippen LogP contribution in [0.4, 0.5) is 0 Å². The molecule has 2 aromatic rings. The summed E-state index contributed by atoms with van der Waals surface area (Å²) in [5.74, 6) is 1.86. The number of para-hydroxylation sites is 1. The molecule has 0 spiro atoms. The van der Waals surface area contributed by atoms with Gasteiger partial charge in [0.1, 0.15) is 11.9 Å². The maximum Gasteiger partial charge on any atom is 0.191 e. The molecule has 1 aliphatic carbocycles. The van der Waals surface area contributed by atoms with Crippen molar-refractivity contribution < 1.29 is 4.74 Å². The van der Waals surface area contributed by atoms with E-state index in [0.717, 1.165) is 30.4 Å². The first-order chi connectivity index (χ1) is 11.9. The fourth-order valence-electron chi connectivity index (χ4n) is 2.80. The Morgan fingerprint density at radius 3 is 2.83 bits per heavy atom. The van der Waals surface area contributed by atoms with E-state index in [0.29, 0.717) is 12.6 Å². The van der Waals surface area contributed by atoms with Crippen LogP contribution in [0, 0.1) is 0 Å². The summed E-state index contributed by atoms with van der Waals surface area (Å²) >= 11 is 0. The minimum absolute atomic E-state index is 0.156. The molecule has 1 aliphatic heterocycles. The lowest BCUT2D eigenvalue weighted by molar-refractivity contribution is 0.235. The van der Waals surface area contributed by atoms with Gasteiger partial charge in [-0.05, 0) is 36.6 Å². The zero-order chi connectivity index (χ0) is 16.2. The smallest absolute Gasteiger partial charge is 0.191 e. The Kier molecular flexibility index (Phi) is 4.32. The van der Waals surface area contributed by atoms with Crippen LogP contribution < -0.4 is 15.4 Å². The van der Waals surface area contributed by atoms with Crippen LogP contribution in [0.5, 0.6) is 5.75 Å². The SMILES string of the molecule is c1ccc(CN=C(NC[C@H]2Cc3ccccc3O2)NC2CC2)nc1. The van der Waals surface area contributed by atoms with E-state index >= 15 is 0 Å². The second-order valence-corrected chi connectivity index (χ2v) is 6.34. The van der Waals surface area contributed by atoms with Gasteiger partial charge >= 0.3 is 0 Å². The molecule has 124 valence electrons. The number of nitrogens with zero attached hydrogens (tertiary/aromatic N) is 2. The summed E-state index contributed by atoms with van der Waals surface area (Å²) in [5.41, 5.74) is 2.25. The van der Waals surface area contributed by atoms with Gasteiger partial charge in [0, 0.05) is 18.7 Å². The van der Waals surface area contributed by atoms with Gasteiger partial charge in [-0.1, -0.05) is 24.3 Å². The van der Waals surface area contributed by atoms with E-state index in [1.165, 1.54) is 18.4 Å². The molecular weight excluding hydrogens is 300 g/mol. The van der Waals surface area contributed by atoms with Gasteiger partial charge in [-0.3, -0.25) is 4.98 Å². The highest BCUT2D eigenvalue weighted by molar-refractivity contribution is 5.80. The lowest BCUT2D eigenvalue weighted by Crippen LogP contribution is -2.43. The number of aliphatic imine (C=N–C) groups is 1. The summed E-state index contributed by atoms with van der Waals surface area (Å²) in [4.78, 5) is 8.98. The Hall–Kier alpha value is -2.56. The van der Waals surface area contributed by atoms with Crippen LogP contribution in [0.1, 0.15) is 24.1 Å². The molecule has 1 atom stereocenters. The number of nitrogens with one attached hydrogen (secondary N) is 2. The van der Waals surface area contributed by atoms with Crippen LogP contribution in [0.15, 0.2) is 53.7 Å². The predicted molar refractivity (Wildman–Crippen MR) is 94.1 cm³/mol. The molecule has 0 amide bonds. The molecule has 2 N–H and O–H groups in total. The van der Waals surface area contributed by atoms with Crippen LogP contribution in [0.25, 0.3) is 0 Å². The van der Waals surface area contributed by atoms with Gasteiger partial charge < -0.3 is 15.4 Å². The predicted octanol–water partition coefficient (Wildman–Crippen LogP) is 2.28. The van der Waals surface area contributed by atoms with Crippen LogP contribution in [0.3, 0.4) is 0 Å². The van der Waals surface area contributed by atoms with Crippen LogP contribution in [0.2, 0.25) is 0 Å². The van der Waals surface area contributed by atoms with E-state index in [1.54, 1.807) is 6.20 Å². The van der Waals surface area contributed by atoms with Gasteiger partial charge in [-0.2, -0.15) is 0 Å². The molecule has 1 aromatic carbocycles. The third-order valence-corrected chi connectivity index (χ3v) is 4.25. The van der Waals surface area contributed by atoms with Crippen molar-refractivity contribution in [3.05, 3.63) is 59.9 Å². The van der Waals surface area contributed by atoms with Crippen molar-refractivity contribution in [1.82, 2.24) is 15.6 Å². The number of benzene rings is 1. The molecule has 5 heteroatoms. The number of aromatic nitrogens is 1. The maximum absolute atomic E-state index is 5.98. The van der Waals surface area contributed by atoms with Crippen molar-refractivity contribution in [1.29, 1.82) is 0 Å². The van der Waals surface area contributed by atoms with Crippen molar-refractivity contribution in [2.24, 2.45) is 4.99 Å². The van der Waals surface area contributed by atoms with E-state index in [-0.39, 0.29) is 6.10 Å². The number of hydrogen-bond acceptors (Lipinski definition) is 3. The second kappa shape index (κ2) is 6.91. The first-order valence-corrected chi connectivity index (χ1v) is 8.56. The fourth-order valence-corrected chi connectivity index (χ4v) is 2.80. The Morgan fingerprint density at radius 1 is 1.17 bits per heavy atom. The molecule has 4 rings (SSSR count). The molecule has 2 heterocycles. The number of rotatable bonds is 5. The summed E-state index contributed by atoms with van der Waals surface area (Å²) in [6.45, 7) is 1.32. The summed E-state index contributed by atoms with van der Waals surface area (Å²) in [5, 5.41) is 6.89. The third kappa shape index (κ3) is 3.85. The van der Waals surface area contributed by atoms with Gasteiger partial charge in [0.05, 0.1) is 18.8 Å². The normalized spacial score (nSPS) is 19.5. The lowest BCUT2D eigenvalue weighted by Gasteiger charge is -2.15. The molecule has 2 aliphatic rings. The second-order valence-electron chi connectivity index (χ2n) is 6.34. The van der Waals surface area contributed by atoms with Gasteiger partial charge in [0.25, 0.3) is 0 Å². The molecule has 0 radical (unpaired) electrons. The van der Waals surface area contributed by atoms with Crippen molar-refractivity contribution in [3.63, 3.8) is 0 Å². The number of guanidine groups is 1. The zero-order valence-electron chi connectivity index (χ0n) is 13.6. The first kappa shape index (κ1) is 15.0. The van der Waals surface area contributed by atoms with Crippen molar-refractivity contribution in [2.75, 3.05) is 6.54 Å². The zero-order valence-corrected chi connectivity index (χ0v) is 13.6. The standard InChI is InChI=1S/C19H22N4O/c1-2-7-18-14(5-1)11-17(24-18)13-22-19(23-15-8-9-15)21-12-16-6-3-4-10-20-16/h1-7,10,15,17H,8-9,11-13H2,(H2,21,22,23)/t17-/m1/s1. The van der Waals surface area contributed by atoms with Gasteiger partial charge in [-0.15, -0.1) is 0 Å². The summed E-state index contributed by atoms with van der Waals surface area (Å²) in [7, 11) is 0. The topological polar surface area (TPSA) is 58.5 Å². The quantitative estimate of drug-likeness (QED) is 0.655. The molecule has 1 fully saturated rings. The maximum atomic E-state index is 5.98. The first-order valence-electron chi connectivity index (χ1n) is 8.56. The minimum Gasteiger partial charge on any atom is -0.488 e. The van der Waals surface area contributed by atoms with E-state index in [2.05, 4.69) is 32.7 Å². The number of hydrogen-bond donors (Lipinski definition) is 2. The van der Waals surface area contributed by atoms with Gasteiger partial charge in [0.2, 0.25) is 0 Å². The highest BCUT2D eigenvalue weighted by Crippen LogP contribution is 2.27. The number of ether oxygens (including phenoxy) is 1. The molecule has 1 saturated carbocycles. The van der Waals surface area contributed by atoms with E-state index in [9.17, 15) is 0 Å². The average Bonchev–Trinajstić information content (AvgIpc) is 3.34. The Bertz CT molecular complexity index is 687. The van der Waals surface area contributed by atoms with Crippen molar-refractivity contribution in [3.8, 4) is 5.75 Å². The molecule has 5 nitrogen and oxygen atoms in total. The van der Waals surface area contributed by atoms with E-state index in [1.807, 2.05) is 30.3 Å². The van der Waals surface area contributed by atoms with Crippen LogP contribution in [-0.4, -0.2) is 29.6 Å². The molecule has 24 heavy (non-hydrogen) atoms. The minimum atomic E-state index is 0.156. The van der Waals surface area contributed by atoms with Gasteiger partial charge in [0.15, 0.2) is 5.96 Å². The third-order valence-electron chi connectivity index (χ3n) is 4.25. The lowest BCUT2D eigenvalue weighted by atomic mass is 10.1. The summed E-state index contributed by atoms with van der Waals surface area (Å²) < 4.78 is 5.98. The van der Waals surface area contributed by atoms with E-state index in [4.69, 9.17) is 4.74 Å². The number of fused-ring (bicyclic) bond motifs is 1. The largest absolute Gasteiger partial charge is 0.488 e. The summed E-state index contributed by atoms with van der Waals surface area (Å²) in [6.07, 6.45) is 5.34. The summed E-state index contributed by atoms with van der Waals surface area (Å²) in [6, 6.07) is 14.7. The highest BCUT2D eigenvalue weighted by Gasteiger charge is 2.25. The fraction of sp³-hybridized carbons (Fsp3) is 0.368. The molecule has 0 saturated heterocycles. The molecule has 0 unspecified atom stereocenters. The molecule has 0 bridgehead atoms. The molecule has 1 aromatic heterocycles. The average molecular weight is 322 g/mol. The Morgan fingerprint density at radius 2 is 2.04 bits per heavy atom. The van der Waals surface area contributed by atoms with Crippen molar-refractivity contribution >= 4 is 5.96 Å². The Balaban J connectivity index is 1.34. The highest BCUT2D eigenvalue weighted by atomic mass is 16.5.